The molecule has 2 aromatic heterocycles. The molecule has 84 valence electrons. The van der Waals surface area contributed by atoms with E-state index >= 15 is 0 Å². The molecule has 2 heterocycles. The molecular weight excluding hydrogens is 202 g/mol. The number of hydrogen-bond acceptors (Lipinski definition) is 4. The fraction of sp³-hybridized carbons (Fsp3) is 0.364. The number of rotatable bonds is 3. The largest absolute Gasteiger partial charge is 0.322 e. The van der Waals surface area contributed by atoms with E-state index in [9.17, 15) is 0 Å². The summed E-state index contributed by atoms with van der Waals surface area (Å²) in [7, 11) is 1.86. The van der Waals surface area contributed by atoms with Crippen LogP contribution in [-0.4, -0.2) is 19.7 Å². The van der Waals surface area contributed by atoms with E-state index in [1.54, 1.807) is 10.9 Å². The summed E-state index contributed by atoms with van der Waals surface area (Å²) >= 11 is 0. The standard InChI is InChI=1S/C11H15N5/c1-8-3-4-13-10(5-8)9(12)6-11-14-7-15-16(11)2/h3-5,7,9H,6,12H2,1-2H3. The van der Waals surface area contributed by atoms with Gasteiger partial charge in [0.25, 0.3) is 0 Å². The third-order valence-electron chi connectivity index (χ3n) is 2.52. The Morgan fingerprint density at radius 1 is 1.44 bits per heavy atom. The third kappa shape index (κ3) is 2.25. The van der Waals surface area contributed by atoms with Crippen molar-refractivity contribution < 1.29 is 0 Å². The van der Waals surface area contributed by atoms with Crippen LogP contribution < -0.4 is 5.73 Å². The monoisotopic (exact) mass is 217 g/mol. The molecule has 0 bridgehead atoms. The SMILES string of the molecule is Cc1ccnc(C(N)Cc2ncnn2C)c1. The van der Waals surface area contributed by atoms with Crippen molar-refractivity contribution in [2.24, 2.45) is 12.8 Å². The van der Waals surface area contributed by atoms with Gasteiger partial charge in [-0.1, -0.05) is 0 Å². The summed E-state index contributed by atoms with van der Waals surface area (Å²) in [6, 6.07) is 3.82. The molecular formula is C11H15N5. The Balaban J connectivity index is 2.14. The van der Waals surface area contributed by atoms with Crippen LogP contribution in [0.15, 0.2) is 24.7 Å². The number of nitrogens with two attached hydrogens (primary N) is 1. The molecule has 2 rings (SSSR count). The first-order chi connectivity index (χ1) is 7.66. The van der Waals surface area contributed by atoms with Crippen molar-refractivity contribution >= 4 is 0 Å². The first-order valence-electron chi connectivity index (χ1n) is 5.18. The number of hydrogen-bond donors (Lipinski definition) is 1. The molecule has 0 aliphatic carbocycles. The second kappa shape index (κ2) is 4.40. The molecule has 0 aliphatic heterocycles. The maximum Gasteiger partial charge on any atom is 0.138 e. The topological polar surface area (TPSA) is 69.6 Å². The van der Waals surface area contributed by atoms with Crippen molar-refractivity contribution in [1.82, 2.24) is 19.7 Å². The Hall–Kier alpha value is -1.75. The molecule has 5 heteroatoms. The summed E-state index contributed by atoms with van der Waals surface area (Å²) in [6.07, 6.45) is 3.96. The maximum atomic E-state index is 6.08. The van der Waals surface area contributed by atoms with E-state index in [2.05, 4.69) is 15.1 Å². The average Bonchev–Trinajstić information content (AvgIpc) is 2.64. The Labute approximate surface area is 94.3 Å². The average molecular weight is 217 g/mol. The van der Waals surface area contributed by atoms with Gasteiger partial charge in [0.15, 0.2) is 0 Å². The van der Waals surface area contributed by atoms with E-state index in [1.807, 2.05) is 26.1 Å². The summed E-state index contributed by atoms with van der Waals surface area (Å²) in [6.45, 7) is 2.03. The van der Waals surface area contributed by atoms with Crippen molar-refractivity contribution in [3.05, 3.63) is 41.7 Å². The molecule has 0 fully saturated rings. The number of aromatic nitrogens is 4. The van der Waals surface area contributed by atoms with E-state index in [0.29, 0.717) is 6.42 Å². The van der Waals surface area contributed by atoms with Crippen LogP contribution in [0.3, 0.4) is 0 Å². The lowest BCUT2D eigenvalue weighted by Crippen LogP contribution is -2.17. The second-order valence-corrected chi connectivity index (χ2v) is 3.87. The van der Waals surface area contributed by atoms with Gasteiger partial charge in [-0.25, -0.2) is 4.98 Å². The maximum absolute atomic E-state index is 6.08. The van der Waals surface area contributed by atoms with Gasteiger partial charge in [0.05, 0.1) is 11.7 Å². The van der Waals surface area contributed by atoms with Gasteiger partial charge in [-0.3, -0.25) is 9.67 Å². The van der Waals surface area contributed by atoms with Crippen LogP contribution in [-0.2, 0) is 13.5 Å². The quantitative estimate of drug-likeness (QED) is 0.824. The van der Waals surface area contributed by atoms with Crippen LogP contribution in [0, 0.1) is 6.92 Å². The van der Waals surface area contributed by atoms with Gasteiger partial charge < -0.3 is 5.73 Å². The van der Waals surface area contributed by atoms with Gasteiger partial charge in [-0.2, -0.15) is 5.10 Å². The van der Waals surface area contributed by atoms with Crippen molar-refractivity contribution in [1.29, 1.82) is 0 Å². The first-order valence-corrected chi connectivity index (χ1v) is 5.18. The lowest BCUT2D eigenvalue weighted by Gasteiger charge is -2.10. The first kappa shape index (κ1) is 10.8. The van der Waals surface area contributed by atoms with Crippen LogP contribution in [0.25, 0.3) is 0 Å². The van der Waals surface area contributed by atoms with E-state index in [0.717, 1.165) is 11.5 Å². The van der Waals surface area contributed by atoms with Crippen LogP contribution in [0.2, 0.25) is 0 Å². The van der Waals surface area contributed by atoms with Gasteiger partial charge in [0.1, 0.15) is 12.2 Å². The van der Waals surface area contributed by atoms with Gasteiger partial charge in [-0.05, 0) is 24.6 Å². The van der Waals surface area contributed by atoms with Crippen molar-refractivity contribution in [2.45, 2.75) is 19.4 Å². The minimum atomic E-state index is -0.136. The smallest absolute Gasteiger partial charge is 0.138 e. The van der Waals surface area contributed by atoms with Crippen molar-refractivity contribution in [2.75, 3.05) is 0 Å². The summed E-state index contributed by atoms with van der Waals surface area (Å²) in [4.78, 5) is 8.42. The molecule has 5 nitrogen and oxygen atoms in total. The van der Waals surface area contributed by atoms with Gasteiger partial charge in [0.2, 0.25) is 0 Å². The van der Waals surface area contributed by atoms with Crippen LogP contribution >= 0.6 is 0 Å². The molecule has 2 aromatic rings. The van der Waals surface area contributed by atoms with Crippen LogP contribution in [0.4, 0.5) is 0 Å². The molecule has 2 N–H and O–H groups in total. The number of aryl methyl sites for hydroxylation is 2. The fourth-order valence-electron chi connectivity index (χ4n) is 1.57. The van der Waals surface area contributed by atoms with Crippen molar-refractivity contribution in [3.8, 4) is 0 Å². The van der Waals surface area contributed by atoms with E-state index < -0.39 is 0 Å². The van der Waals surface area contributed by atoms with E-state index in [-0.39, 0.29) is 6.04 Å². The third-order valence-corrected chi connectivity index (χ3v) is 2.52. The Kier molecular flexibility index (Phi) is 2.96. The summed E-state index contributed by atoms with van der Waals surface area (Å²) < 4.78 is 1.73. The molecule has 0 aromatic carbocycles. The predicted octanol–water partition coefficient (Wildman–Crippen LogP) is 0.761. The summed E-state index contributed by atoms with van der Waals surface area (Å²) in [5.74, 6) is 0.871. The molecule has 1 unspecified atom stereocenters. The Morgan fingerprint density at radius 3 is 2.88 bits per heavy atom. The van der Waals surface area contributed by atoms with Crippen molar-refractivity contribution in [3.63, 3.8) is 0 Å². The zero-order valence-electron chi connectivity index (χ0n) is 9.46. The lowest BCUT2D eigenvalue weighted by atomic mass is 10.1. The Morgan fingerprint density at radius 2 is 2.25 bits per heavy atom. The number of nitrogens with zero attached hydrogens (tertiary/aromatic N) is 4. The van der Waals surface area contributed by atoms with E-state index in [1.165, 1.54) is 11.9 Å². The number of pyridine rings is 1. The van der Waals surface area contributed by atoms with Crippen LogP contribution in [0.5, 0.6) is 0 Å². The van der Waals surface area contributed by atoms with E-state index in [4.69, 9.17) is 5.73 Å². The lowest BCUT2D eigenvalue weighted by molar-refractivity contribution is 0.618. The predicted molar refractivity (Wildman–Crippen MR) is 60.6 cm³/mol. The molecule has 0 spiro atoms. The molecule has 1 atom stereocenters. The molecule has 0 amide bonds. The van der Waals surface area contributed by atoms with Gasteiger partial charge in [0, 0.05) is 19.7 Å². The summed E-state index contributed by atoms with van der Waals surface area (Å²) in [5, 5.41) is 4.01. The minimum Gasteiger partial charge on any atom is -0.322 e. The van der Waals surface area contributed by atoms with Gasteiger partial charge in [-0.15, -0.1) is 0 Å². The molecule has 16 heavy (non-hydrogen) atoms. The highest BCUT2D eigenvalue weighted by Gasteiger charge is 2.11. The van der Waals surface area contributed by atoms with Crippen LogP contribution in [0.1, 0.15) is 23.1 Å². The highest BCUT2D eigenvalue weighted by atomic mass is 15.3. The highest BCUT2D eigenvalue weighted by Crippen LogP contribution is 2.12. The second-order valence-electron chi connectivity index (χ2n) is 3.87. The summed E-state index contributed by atoms with van der Waals surface area (Å²) in [5.41, 5.74) is 8.14. The molecule has 0 radical (unpaired) electrons. The molecule has 0 saturated heterocycles. The minimum absolute atomic E-state index is 0.136. The van der Waals surface area contributed by atoms with Gasteiger partial charge >= 0.3 is 0 Å². The highest BCUT2D eigenvalue weighted by molar-refractivity contribution is 5.17. The molecule has 0 aliphatic rings. The molecule has 0 saturated carbocycles. The Bertz CT molecular complexity index is 477. The fourth-order valence-corrected chi connectivity index (χ4v) is 1.57. The normalized spacial score (nSPS) is 12.7. The zero-order chi connectivity index (χ0) is 11.5. The zero-order valence-corrected chi connectivity index (χ0v) is 9.46.